The first-order valence-corrected chi connectivity index (χ1v) is 10.9. The zero-order valence-corrected chi connectivity index (χ0v) is 17.4. The Morgan fingerprint density at radius 1 is 1.00 bits per heavy atom. The molecule has 8 nitrogen and oxygen atoms in total. The molecule has 3 aromatic rings. The van der Waals surface area contributed by atoms with E-state index in [0.717, 1.165) is 41.4 Å². The van der Waals surface area contributed by atoms with Crippen molar-refractivity contribution in [2.24, 2.45) is 0 Å². The third-order valence-corrected chi connectivity index (χ3v) is 6.63. The number of piperazine rings is 1. The number of fused-ring (bicyclic) bond motifs is 1. The molecule has 0 N–H and O–H groups in total. The highest BCUT2D eigenvalue weighted by molar-refractivity contribution is 7.21. The number of anilines is 2. The molecular formula is C19H20ClN7OS. The van der Waals surface area contributed by atoms with E-state index in [1.807, 2.05) is 17.0 Å². The number of aromatic nitrogens is 4. The van der Waals surface area contributed by atoms with Gasteiger partial charge in [0.25, 0.3) is 5.91 Å². The fourth-order valence-electron chi connectivity index (χ4n) is 3.72. The van der Waals surface area contributed by atoms with Gasteiger partial charge < -0.3 is 14.7 Å². The van der Waals surface area contributed by atoms with Crippen molar-refractivity contribution in [3.8, 4) is 0 Å². The summed E-state index contributed by atoms with van der Waals surface area (Å²) >= 11 is 7.85. The first-order chi connectivity index (χ1) is 14.2. The number of rotatable bonds is 3. The van der Waals surface area contributed by atoms with E-state index in [1.54, 1.807) is 23.7 Å². The number of amides is 1. The zero-order chi connectivity index (χ0) is 19.8. The van der Waals surface area contributed by atoms with Crippen molar-refractivity contribution >= 4 is 50.3 Å². The number of carbonyl (C=O) groups excluding carboxylic acids is 1. The molecule has 10 heteroatoms. The Labute approximate surface area is 177 Å². The van der Waals surface area contributed by atoms with E-state index in [-0.39, 0.29) is 5.91 Å². The van der Waals surface area contributed by atoms with Crippen LogP contribution in [0.15, 0.2) is 24.5 Å². The Bertz CT molecular complexity index is 1010. The average molecular weight is 430 g/mol. The van der Waals surface area contributed by atoms with Gasteiger partial charge in [-0.2, -0.15) is 0 Å². The van der Waals surface area contributed by atoms with Gasteiger partial charge in [-0.1, -0.05) is 22.9 Å². The molecule has 1 amide bonds. The first-order valence-electron chi connectivity index (χ1n) is 9.72. The van der Waals surface area contributed by atoms with Crippen LogP contribution in [0, 0.1) is 0 Å². The molecule has 0 radical (unpaired) electrons. The first kappa shape index (κ1) is 18.5. The Kier molecular flexibility index (Phi) is 4.92. The van der Waals surface area contributed by atoms with Crippen LogP contribution < -0.4 is 9.80 Å². The molecule has 2 saturated heterocycles. The van der Waals surface area contributed by atoms with E-state index in [1.165, 1.54) is 0 Å². The van der Waals surface area contributed by atoms with Crippen LogP contribution in [0.2, 0.25) is 5.02 Å². The number of halogens is 1. The summed E-state index contributed by atoms with van der Waals surface area (Å²) in [4.78, 5) is 37.9. The standard InChI is InChI=1S/C19H20ClN7OS/c20-13-12-22-18(26-6-1-2-7-26)24-15(13)17(28)25-8-10-27(11-9-25)19-23-14-4-3-5-21-16(14)29-19/h3-5,12H,1-2,6-11H2. The third-order valence-electron chi connectivity index (χ3n) is 5.32. The fourth-order valence-corrected chi connectivity index (χ4v) is 4.85. The number of nitrogens with zero attached hydrogens (tertiary/aromatic N) is 7. The van der Waals surface area contributed by atoms with Crippen molar-refractivity contribution in [2.75, 3.05) is 49.1 Å². The van der Waals surface area contributed by atoms with Gasteiger partial charge in [0.15, 0.2) is 10.8 Å². The summed E-state index contributed by atoms with van der Waals surface area (Å²) in [6.07, 6.45) is 5.57. The van der Waals surface area contributed by atoms with Crippen LogP contribution in [0.3, 0.4) is 0 Å². The molecule has 0 saturated carbocycles. The lowest BCUT2D eigenvalue weighted by atomic mass is 10.2. The monoisotopic (exact) mass is 429 g/mol. The SMILES string of the molecule is O=C(c1nc(N2CCCC2)ncc1Cl)N1CCN(c2nc3cccnc3s2)CC1. The third kappa shape index (κ3) is 3.60. The molecule has 0 atom stereocenters. The van der Waals surface area contributed by atoms with Crippen molar-refractivity contribution in [2.45, 2.75) is 12.8 Å². The van der Waals surface area contributed by atoms with E-state index in [4.69, 9.17) is 11.6 Å². The normalized spacial score (nSPS) is 17.3. The second-order valence-electron chi connectivity index (χ2n) is 7.16. The topological polar surface area (TPSA) is 78.4 Å². The summed E-state index contributed by atoms with van der Waals surface area (Å²) in [7, 11) is 0. The van der Waals surface area contributed by atoms with E-state index >= 15 is 0 Å². The zero-order valence-electron chi connectivity index (χ0n) is 15.8. The highest BCUT2D eigenvalue weighted by Gasteiger charge is 2.27. The highest BCUT2D eigenvalue weighted by Crippen LogP contribution is 2.28. The highest BCUT2D eigenvalue weighted by atomic mass is 35.5. The molecule has 2 aliphatic rings. The van der Waals surface area contributed by atoms with Crippen LogP contribution in [0.4, 0.5) is 11.1 Å². The van der Waals surface area contributed by atoms with Gasteiger partial charge in [0.1, 0.15) is 10.3 Å². The average Bonchev–Trinajstić information content (AvgIpc) is 3.44. The minimum atomic E-state index is -0.136. The largest absolute Gasteiger partial charge is 0.344 e. The lowest BCUT2D eigenvalue weighted by molar-refractivity contribution is 0.0741. The smallest absolute Gasteiger partial charge is 0.274 e. The maximum atomic E-state index is 13.1. The molecule has 0 bridgehead atoms. The molecule has 150 valence electrons. The van der Waals surface area contributed by atoms with E-state index < -0.39 is 0 Å². The molecule has 0 unspecified atom stereocenters. The molecule has 5 heterocycles. The quantitative estimate of drug-likeness (QED) is 0.633. The van der Waals surface area contributed by atoms with E-state index in [0.29, 0.717) is 42.8 Å². The van der Waals surface area contributed by atoms with Crippen molar-refractivity contribution in [3.63, 3.8) is 0 Å². The van der Waals surface area contributed by atoms with Gasteiger partial charge in [-0.25, -0.2) is 19.9 Å². The van der Waals surface area contributed by atoms with Crippen molar-refractivity contribution in [1.29, 1.82) is 0 Å². The summed E-state index contributed by atoms with van der Waals surface area (Å²) in [6.45, 7) is 4.47. The van der Waals surface area contributed by atoms with Crippen LogP contribution in [0.5, 0.6) is 0 Å². The molecule has 2 fully saturated rings. The summed E-state index contributed by atoms with van der Waals surface area (Å²) in [5.74, 6) is 0.458. The molecule has 0 spiro atoms. The van der Waals surface area contributed by atoms with E-state index in [9.17, 15) is 4.79 Å². The minimum Gasteiger partial charge on any atom is -0.344 e. The summed E-state index contributed by atoms with van der Waals surface area (Å²) < 4.78 is 0. The van der Waals surface area contributed by atoms with Crippen LogP contribution in [-0.4, -0.2) is 70.0 Å². The Hall–Kier alpha value is -2.52. The van der Waals surface area contributed by atoms with E-state index in [2.05, 4.69) is 29.7 Å². The van der Waals surface area contributed by atoms with Gasteiger partial charge in [0.05, 0.1) is 11.2 Å². The molecular weight excluding hydrogens is 410 g/mol. The van der Waals surface area contributed by atoms with Crippen molar-refractivity contribution in [3.05, 3.63) is 35.2 Å². The van der Waals surface area contributed by atoms with Crippen LogP contribution in [-0.2, 0) is 0 Å². The van der Waals surface area contributed by atoms with Crippen LogP contribution in [0.25, 0.3) is 10.3 Å². The lowest BCUT2D eigenvalue weighted by Crippen LogP contribution is -2.49. The maximum absolute atomic E-state index is 13.1. The lowest BCUT2D eigenvalue weighted by Gasteiger charge is -2.34. The van der Waals surface area contributed by atoms with Gasteiger partial charge in [0, 0.05) is 45.5 Å². The predicted octanol–water partition coefficient (Wildman–Crippen LogP) is 2.70. The summed E-state index contributed by atoms with van der Waals surface area (Å²) in [5.41, 5.74) is 1.20. The molecule has 0 aliphatic carbocycles. The molecule has 3 aromatic heterocycles. The van der Waals surface area contributed by atoms with Gasteiger partial charge in [-0.15, -0.1) is 0 Å². The number of hydrogen-bond acceptors (Lipinski definition) is 8. The second kappa shape index (κ2) is 7.72. The van der Waals surface area contributed by atoms with Crippen molar-refractivity contribution in [1.82, 2.24) is 24.8 Å². The predicted molar refractivity (Wildman–Crippen MR) is 114 cm³/mol. The number of hydrogen-bond donors (Lipinski definition) is 0. The molecule has 2 aliphatic heterocycles. The van der Waals surface area contributed by atoms with Gasteiger partial charge in [-0.3, -0.25) is 4.79 Å². The van der Waals surface area contributed by atoms with Crippen LogP contribution >= 0.6 is 22.9 Å². The fraction of sp³-hybridized carbons (Fsp3) is 0.421. The number of pyridine rings is 1. The van der Waals surface area contributed by atoms with Gasteiger partial charge in [-0.05, 0) is 25.0 Å². The maximum Gasteiger partial charge on any atom is 0.274 e. The van der Waals surface area contributed by atoms with Crippen molar-refractivity contribution < 1.29 is 4.79 Å². The minimum absolute atomic E-state index is 0.136. The number of thiazole rings is 1. The molecule has 5 rings (SSSR count). The Balaban J connectivity index is 1.29. The van der Waals surface area contributed by atoms with Crippen LogP contribution in [0.1, 0.15) is 23.3 Å². The molecule has 29 heavy (non-hydrogen) atoms. The van der Waals surface area contributed by atoms with Gasteiger partial charge >= 0.3 is 0 Å². The summed E-state index contributed by atoms with van der Waals surface area (Å²) in [5, 5.41) is 1.25. The Morgan fingerprint density at radius 3 is 2.55 bits per heavy atom. The second-order valence-corrected chi connectivity index (χ2v) is 8.53. The Morgan fingerprint density at radius 2 is 1.79 bits per heavy atom. The number of carbonyl (C=O) groups is 1. The summed E-state index contributed by atoms with van der Waals surface area (Å²) in [6, 6.07) is 3.86. The van der Waals surface area contributed by atoms with Gasteiger partial charge in [0.2, 0.25) is 5.95 Å². The molecule has 0 aromatic carbocycles.